The first-order valence-corrected chi connectivity index (χ1v) is 11.1. The van der Waals surface area contributed by atoms with Gasteiger partial charge in [-0.05, 0) is 37.8 Å². The number of hydrogen-bond donors (Lipinski definition) is 1. The highest BCUT2D eigenvalue weighted by Crippen LogP contribution is 2.37. The van der Waals surface area contributed by atoms with Gasteiger partial charge in [-0.3, -0.25) is 9.59 Å². The fraction of sp³-hybridized carbons (Fsp3) is 0.571. The topological polar surface area (TPSA) is 54.7 Å². The summed E-state index contributed by atoms with van der Waals surface area (Å²) in [6.07, 6.45) is 7.37. The van der Waals surface area contributed by atoms with Crippen LogP contribution in [0.15, 0.2) is 24.3 Å². The van der Waals surface area contributed by atoms with Crippen LogP contribution in [0.2, 0.25) is 0 Å². The standard InChI is InChI=1S/C21H25N3O2S/c25-20-14-7-1-2-8-15(14)21(26)24(20)13-23-12-6-5-10-17(23)19-22-16-9-3-4-11-18(16)27-19/h3-4,9,11,14-15,17H,1-2,5-8,10,12-13H2/p+1/t14-,15+,17-/m0/s1. The molecule has 2 amide bonds. The number of amides is 2. The summed E-state index contributed by atoms with van der Waals surface area (Å²) in [5.41, 5.74) is 1.06. The number of hydrogen-bond acceptors (Lipinski definition) is 4. The first-order valence-electron chi connectivity index (χ1n) is 10.3. The Morgan fingerprint density at radius 1 is 1.00 bits per heavy atom. The highest BCUT2D eigenvalue weighted by Gasteiger charge is 2.50. The second-order valence-electron chi connectivity index (χ2n) is 8.24. The second-order valence-corrected chi connectivity index (χ2v) is 9.30. The molecule has 0 bridgehead atoms. The number of quaternary nitrogens is 1. The van der Waals surface area contributed by atoms with E-state index in [1.54, 1.807) is 16.2 Å². The van der Waals surface area contributed by atoms with Crippen LogP contribution in [0.4, 0.5) is 0 Å². The van der Waals surface area contributed by atoms with Crippen LogP contribution in [0.5, 0.6) is 0 Å². The van der Waals surface area contributed by atoms with Crippen molar-refractivity contribution in [3.63, 3.8) is 0 Å². The molecule has 142 valence electrons. The molecule has 1 aromatic carbocycles. The molecule has 2 aromatic rings. The first kappa shape index (κ1) is 17.3. The fourth-order valence-corrected chi connectivity index (χ4v) is 6.36. The maximum Gasteiger partial charge on any atom is 0.237 e. The van der Waals surface area contributed by atoms with Crippen LogP contribution < -0.4 is 4.90 Å². The zero-order valence-corrected chi connectivity index (χ0v) is 16.3. The van der Waals surface area contributed by atoms with Crippen LogP contribution in [0.1, 0.15) is 56.0 Å². The third kappa shape index (κ3) is 2.99. The van der Waals surface area contributed by atoms with Crippen LogP contribution in [-0.4, -0.2) is 34.9 Å². The van der Waals surface area contributed by atoms with Crippen molar-refractivity contribution in [2.75, 3.05) is 13.2 Å². The molecule has 5 rings (SSSR count). The maximum absolute atomic E-state index is 12.9. The fourth-order valence-electron chi connectivity index (χ4n) is 5.20. The van der Waals surface area contributed by atoms with Gasteiger partial charge in [0.15, 0.2) is 11.7 Å². The Morgan fingerprint density at radius 3 is 2.44 bits per heavy atom. The Bertz CT molecular complexity index is 822. The number of piperidine rings is 1. The number of imide groups is 1. The van der Waals surface area contributed by atoms with Crippen LogP contribution >= 0.6 is 11.3 Å². The predicted molar refractivity (Wildman–Crippen MR) is 104 cm³/mol. The summed E-state index contributed by atoms with van der Waals surface area (Å²) in [6.45, 7) is 1.53. The van der Waals surface area contributed by atoms with Crippen molar-refractivity contribution >= 4 is 33.4 Å². The SMILES string of the molecule is O=C1[C@H]2CCCC[C@H]2C(=O)N1C[NH+]1CCCC[C@H]1c1nc2ccccc2s1. The van der Waals surface area contributed by atoms with Crippen LogP contribution in [0.3, 0.4) is 0 Å². The largest absolute Gasteiger partial charge is 0.309 e. The third-order valence-electron chi connectivity index (χ3n) is 6.64. The first-order chi connectivity index (χ1) is 13.2. The van der Waals surface area contributed by atoms with E-state index in [2.05, 4.69) is 18.2 Å². The average Bonchev–Trinajstić information content (AvgIpc) is 3.24. The van der Waals surface area contributed by atoms with Crippen molar-refractivity contribution in [3.05, 3.63) is 29.3 Å². The van der Waals surface area contributed by atoms with Gasteiger partial charge in [0.1, 0.15) is 6.04 Å². The zero-order valence-electron chi connectivity index (χ0n) is 15.5. The van der Waals surface area contributed by atoms with Gasteiger partial charge in [0, 0.05) is 6.42 Å². The van der Waals surface area contributed by atoms with Crippen LogP contribution in [-0.2, 0) is 9.59 Å². The van der Waals surface area contributed by atoms with E-state index in [9.17, 15) is 9.59 Å². The Labute approximate surface area is 163 Å². The van der Waals surface area contributed by atoms with E-state index in [4.69, 9.17) is 4.98 Å². The number of thiazole rings is 1. The third-order valence-corrected chi connectivity index (χ3v) is 7.79. The number of para-hydroxylation sites is 1. The van der Waals surface area contributed by atoms with E-state index in [0.717, 1.165) is 55.6 Å². The lowest BCUT2D eigenvalue weighted by molar-refractivity contribution is -0.943. The molecule has 3 fully saturated rings. The lowest BCUT2D eigenvalue weighted by atomic mass is 9.81. The minimum absolute atomic E-state index is 0.0451. The number of nitrogens with one attached hydrogen (secondary N) is 1. The number of likely N-dealkylation sites (tertiary alicyclic amines) is 2. The molecule has 0 spiro atoms. The van der Waals surface area contributed by atoms with Crippen LogP contribution in [0, 0.1) is 11.8 Å². The molecule has 2 saturated heterocycles. The summed E-state index contributed by atoms with van der Waals surface area (Å²) >= 11 is 1.77. The minimum Gasteiger partial charge on any atom is -0.309 e. The molecule has 3 heterocycles. The van der Waals surface area contributed by atoms with Gasteiger partial charge in [-0.25, -0.2) is 9.88 Å². The van der Waals surface area contributed by atoms with E-state index in [0.29, 0.717) is 12.7 Å². The van der Waals surface area contributed by atoms with Crippen molar-refractivity contribution in [1.82, 2.24) is 9.88 Å². The maximum atomic E-state index is 12.9. The summed E-state index contributed by atoms with van der Waals surface area (Å²) in [6, 6.07) is 8.56. The number of carbonyl (C=O) groups excluding carboxylic acids is 2. The summed E-state index contributed by atoms with van der Waals surface area (Å²) in [7, 11) is 0. The molecule has 4 atom stereocenters. The number of nitrogens with zero attached hydrogens (tertiary/aromatic N) is 2. The van der Waals surface area contributed by atoms with Crippen molar-refractivity contribution in [2.24, 2.45) is 11.8 Å². The number of benzene rings is 1. The molecule has 3 aliphatic rings. The van der Waals surface area contributed by atoms with Gasteiger partial charge in [-0.2, -0.15) is 0 Å². The van der Waals surface area contributed by atoms with Gasteiger partial charge >= 0.3 is 0 Å². The summed E-state index contributed by atoms with van der Waals surface area (Å²) in [4.78, 5) is 33.6. The molecule has 1 N–H and O–H groups in total. The normalized spacial score (nSPS) is 31.5. The zero-order chi connectivity index (χ0) is 18.4. The van der Waals surface area contributed by atoms with E-state index in [1.807, 2.05) is 6.07 Å². The molecule has 27 heavy (non-hydrogen) atoms. The highest BCUT2D eigenvalue weighted by atomic mass is 32.1. The molecular formula is C21H26N3O2S+. The molecule has 5 nitrogen and oxygen atoms in total. The highest BCUT2D eigenvalue weighted by molar-refractivity contribution is 7.18. The van der Waals surface area contributed by atoms with Crippen LogP contribution in [0.25, 0.3) is 10.2 Å². The van der Waals surface area contributed by atoms with E-state index in [-0.39, 0.29) is 23.7 Å². The van der Waals surface area contributed by atoms with Gasteiger partial charge < -0.3 is 4.90 Å². The number of fused-ring (bicyclic) bond motifs is 2. The van der Waals surface area contributed by atoms with E-state index in [1.165, 1.54) is 16.0 Å². The lowest BCUT2D eigenvalue weighted by Crippen LogP contribution is -3.14. The Balaban J connectivity index is 1.39. The minimum atomic E-state index is -0.0451. The molecule has 1 aromatic heterocycles. The van der Waals surface area contributed by atoms with Crippen molar-refractivity contribution in [1.29, 1.82) is 0 Å². The Hall–Kier alpha value is -1.79. The van der Waals surface area contributed by atoms with Crippen molar-refractivity contribution in [3.8, 4) is 0 Å². The quantitative estimate of drug-likeness (QED) is 0.828. The molecule has 1 aliphatic carbocycles. The van der Waals surface area contributed by atoms with Crippen molar-refractivity contribution < 1.29 is 14.5 Å². The molecule has 1 saturated carbocycles. The molecule has 1 unspecified atom stereocenters. The molecule has 6 heteroatoms. The number of carbonyl (C=O) groups is 2. The van der Waals surface area contributed by atoms with E-state index >= 15 is 0 Å². The van der Waals surface area contributed by atoms with Crippen molar-refractivity contribution in [2.45, 2.75) is 51.0 Å². The van der Waals surface area contributed by atoms with Gasteiger partial charge in [0.25, 0.3) is 0 Å². The average molecular weight is 385 g/mol. The summed E-state index contributed by atoms with van der Waals surface area (Å²) in [5.74, 6) is 0.0873. The smallest absolute Gasteiger partial charge is 0.237 e. The molecular weight excluding hydrogens is 358 g/mol. The summed E-state index contributed by atoms with van der Waals surface area (Å²) < 4.78 is 1.22. The monoisotopic (exact) mass is 384 g/mol. The Kier molecular flexibility index (Phi) is 4.48. The van der Waals surface area contributed by atoms with Gasteiger partial charge in [0.2, 0.25) is 11.8 Å². The Morgan fingerprint density at radius 2 is 1.70 bits per heavy atom. The van der Waals surface area contributed by atoms with E-state index < -0.39 is 0 Å². The van der Waals surface area contributed by atoms with Gasteiger partial charge in [0.05, 0.1) is 28.6 Å². The summed E-state index contributed by atoms with van der Waals surface area (Å²) in [5, 5.41) is 1.16. The lowest BCUT2D eigenvalue weighted by Gasteiger charge is -2.33. The second kappa shape index (κ2) is 6.99. The number of rotatable bonds is 3. The number of aromatic nitrogens is 1. The van der Waals surface area contributed by atoms with Gasteiger partial charge in [-0.15, -0.1) is 11.3 Å². The molecule has 2 aliphatic heterocycles. The predicted octanol–water partition coefficient (Wildman–Crippen LogP) is 2.54. The molecule has 0 radical (unpaired) electrons. The van der Waals surface area contributed by atoms with Gasteiger partial charge in [-0.1, -0.05) is 25.0 Å².